The van der Waals surface area contributed by atoms with Gasteiger partial charge in [-0.25, -0.2) is 0 Å². The van der Waals surface area contributed by atoms with E-state index in [1.165, 1.54) is 14.2 Å². The Balaban J connectivity index is 2.13. The van der Waals surface area contributed by atoms with Gasteiger partial charge in [0.1, 0.15) is 0 Å². The third-order valence-electron chi connectivity index (χ3n) is 4.63. The highest BCUT2D eigenvalue weighted by atomic mass is 16.5. The fourth-order valence-electron chi connectivity index (χ4n) is 3.16. The van der Waals surface area contributed by atoms with Crippen molar-refractivity contribution in [3.05, 3.63) is 23.8 Å². The Morgan fingerprint density at radius 3 is 2.70 bits per heavy atom. The molecule has 1 aromatic rings. The summed E-state index contributed by atoms with van der Waals surface area (Å²) in [6, 6.07) is 4.75. The van der Waals surface area contributed by atoms with Crippen molar-refractivity contribution < 1.29 is 29.0 Å². The maximum Gasteiger partial charge on any atom is 0.303 e. The number of carbonyl (C=O) groups excluding carboxylic acids is 2. The van der Waals surface area contributed by atoms with Crippen LogP contribution >= 0.6 is 0 Å². The van der Waals surface area contributed by atoms with Crippen LogP contribution in [-0.2, 0) is 9.59 Å². The average Bonchev–Trinajstić information content (AvgIpc) is 2.69. The summed E-state index contributed by atoms with van der Waals surface area (Å²) in [5.41, 5.74) is 0.446. The predicted octanol–water partition coefficient (Wildman–Crippen LogP) is 1.68. The van der Waals surface area contributed by atoms with Crippen molar-refractivity contribution in [2.24, 2.45) is 0 Å². The molecule has 1 unspecified atom stereocenters. The largest absolute Gasteiger partial charge is 0.493 e. The van der Waals surface area contributed by atoms with Crippen molar-refractivity contribution >= 4 is 17.8 Å². The van der Waals surface area contributed by atoms with Gasteiger partial charge < -0.3 is 24.8 Å². The summed E-state index contributed by atoms with van der Waals surface area (Å²) in [6.45, 7) is 0.462. The fraction of sp³-hybridized carbons (Fsp3) is 0.526. The highest BCUT2D eigenvalue weighted by Gasteiger charge is 2.28. The Labute approximate surface area is 158 Å². The van der Waals surface area contributed by atoms with E-state index in [2.05, 4.69) is 5.32 Å². The molecular formula is C19H26N2O6. The zero-order chi connectivity index (χ0) is 19.8. The van der Waals surface area contributed by atoms with Crippen LogP contribution in [0.25, 0.3) is 0 Å². The van der Waals surface area contributed by atoms with E-state index in [-0.39, 0.29) is 30.9 Å². The van der Waals surface area contributed by atoms with Gasteiger partial charge in [-0.05, 0) is 43.9 Å². The van der Waals surface area contributed by atoms with Gasteiger partial charge in [0.15, 0.2) is 18.1 Å². The van der Waals surface area contributed by atoms with Gasteiger partial charge >= 0.3 is 5.97 Å². The molecule has 1 heterocycles. The second-order valence-electron chi connectivity index (χ2n) is 6.41. The van der Waals surface area contributed by atoms with Gasteiger partial charge in [0.05, 0.1) is 7.11 Å². The van der Waals surface area contributed by atoms with Gasteiger partial charge in [0, 0.05) is 31.6 Å². The zero-order valence-corrected chi connectivity index (χ0v) is 15.7. The molecule has 8 nitrogen and oxygen atoms in total. The Morgan fingerprint density at radius 2 is 2.04 bits per heavy atom. The standard InChI is InChI=1S/C19H26N2O6/c1-20-17(22)12-27-15-8-6-13(11-16(15)26-2)19(25)21-10-4-3-5-14(21)7-9-18(23)24/h6,8,11,14H,3-5,7,9-10,12H2,1-2H3,(H,20,22)(H,23,24). The molecule has 0 radical (unpaired) electrons. The fourth-order valence-corrected chi connectivity index (χ4v) is 3.16. The number of carboxylic acid groups (broad SMARTS) is 1. The minimum atomic E-state index is -0.854. The van der Waals surface area contributed by atoms with E-state index < -0.39 is 5.97 Å². The number of aliphatic carboxylic acids is 1. The van der Waals surface area contributed by atoms with Crippen molar-refractivity contribution in [1.29, 1.82) is 0 Å². The van der Waals surface area contributed by atoms with E-state index in [0.29, 0.717) is 30.0 Å². The molecular weight excluding hydrogens is 352 g/mol. The van der Waals surface area contributed by atoms with Crippen molar-refractivity contribution in [2.75, 3.05) is 27.3 Å². The average molecular weight is 378 g/mol. The Hall–Kier alpha value is -2.77. The summed E-state index contributed by atoms with van der Waals surface area (Å²) in [5, 5.41) is 11.4. The molecule has 2 N–H and O–H groups in total. The van der Waals surface area contributed by atoms with Crippen LogP contribution in [0.2, 0.25) is 0 Å². The van der Waals surface area contributed by atoms with Crippen LogP contribution in [-0.4, -0.2) is 61.1 Å². The number of likely N-dealkylation sites (tertiary alicyclic amines) is 1. The van der Waals surface area contributed by atoms with Crippen molar-refractivity contribution in [3.8, 4) is 11.5 Å². The van der Waals surface area contributed by atoms with Gasteiger partial charge in [-0.15, -0.1) is 0 Å². The lowest BCUT2D eigenvalue weighted by Gasteiger charge is -2.35. The number of amides is 2. The molecule has 1 saturated heterocycles. The molecule has 2 rings (SSSR count). The van der Waals surface area contributed by atoms with E-state index in [1.54, 1.807) is 23.1 Å². The van der Waals surface area contributed by atoms with Crippen LogP contribution in [0.1, 0.15) is 42.5 Å². The quantitative estimate of drug-likeness (QED) is 0.713. The minimum absolute atomic E-state index is 0.0457. The molecule has 0 spiro atoms. The molecule has 1 aromatic carbocycles. The van der Waals surface area contributed by atoms with Gasteiger partial charge in [-0.3, -0.25) is 14.4 Å². The maximum atomic E-state index is 13.0. The lowest BCUT2D eigenvalue weighted by Crippen LogP contribution is -2.44. The number of hydrogen-bond donors (Lipinski definition) is 2. The summed E-state index contributed by atoms with van der Waals surface area (Å²) in [7, 11) is 2.98. The third-order valence-corrected chi connectivity index (χ3v) is 4.63. The molecule has 1 fully saturated rings. The van der Waals surface area contributed by atoms with E-state index >= 15 is 0 Å². The minimum Gasteiger partial charge on any atom is -0.493 e. The van der Waals surface area contributed by atoms with Crippen LogP contribution < -0.4 is 14.8 Å². The maximum absolute atomic E-state index is 13.0. The normalized spacial score (nSPS) is 16.5. The number of nitrogens with zero attached hydrogens (tertiary/aromatic N) is 1. The summed E-state index contributed by atoms with van der Waals surface area (Å²) >= 11 is 0. The van der Waals surface area contributed by atoms with E-state index in [9.17, 15) is 14.4 Å². The molecule has 1 atom stereocenters. The number of piperidine rings is 1. The van der Waals surface area contributed by atoms with Crippen molar-refractivity contribution in [2.45, 2.75) is 38.1 Å². The highest BCUT2D eigenvalue weighted by molar-refractivity contribution is 5.95. The highest BCUT2D eigenvalue weighted by Crippen LogP contribution is 2.30. The number of hydrogen-bond acceptors (Lipinski definition) is 5. The molecule has 2 amide bonds. The topological polar surface area (TPSA) is 105 Å². The second kappa shape index (κ2) is 9.80. The molecule has 1 aliphatic heterocycles. The number of rotatable bonds is 8. The Kier molecular flexibility index (Phi) is 7.45. The van der Waals surface area contributed by atoms with Gasteiger partial charge in [0.2, 0.25) is 0 Å². The Bertz CT molecular complexity index is 691. The molecule has 148 valence electrons. The summed E-state index contributed by atoms with van der Waals surface area (Å²) in [4.78, 5) is 36.9. The number of methoxy groups -OCH3 is 1. The first kappa shape index (κ1) is 20.5. The number of nitrogens with one attached hydrogen (secondary N) is 1. The number of likely N-dealkylation sites (N-methyl/N-ethyl adjacent to an activating group) is 1. The van der Waals surface area contributed by atoms with Crippen LogP contribution in [0, 0.1) is 0 Å². The van der Waals surface area contributed by atoms with E-state index in [1.807, 2.05) is 0 Å². The lowest BCUT2D eigenvalue weighted by molar-refractivity contribution is -0.137. The first-order chi connectivity index (χ1) is 13.0. The van der Waals surface area contributed by atoms with E-state index in [4.69, 9.17) is 14.6 Å². The van der Waals surface area contributed by atoms with Crippen molar-refractivity contribution in [1.82, 2.24) is 10.2 Å². The van der Waals surface area contributed by atoms with Crippen LogP contribution in [0.5, 0.6) is 11.5 Å². The van der Waals surface area contributed by atoms with Crippen LogP contribution in [0.15, 0.2) is 18.2 Å². The third kappa shape index (κ3) is 5.60. The first-order valence-electron chi connectivity index (χ1n) is 9.00. The SMILES string of the molecule is CNC(=O)COc1ccc(C(=O)N2CCCCC2CCC(=O)O)cc1OC. The Morgan fingerprint density at radius 1 is 1.26 bits per heavy atom. The number of benzene rings is 1. The van der Waals surface area contributed by atoms with Crippen molar-refractivity contribution in [3.63, 3.8) is 0 Å². The summed E-state index contributed by atoms with van der Waals surface area (Å²) < 4.78 is 10.7. The zero-order valence-electron chi connectivity index (χ0n) is 15.7. The van der Waals surface area contributed by atoms with Gasteiger partial charge in [-0.2, -0.15) is 0 Å². The second-order valence-corrected chi connectivity index (χ2v) is 6.41. The molecule has 8 heteroatoms. The number of carboxylic acids is 1. The molecule has 0 saturated carbocycles. The molecule has 27 heavy (non-hydrogen) atoms. The number of carbonyl (C=O) groups is 3. The van der Waals surface area contributed by atoms with Crippen LogP contribution in [0.4, 0.5) is 0 Å². The molecule has 0 aromatic heterocycles. The van der Waals surface area contributed by atoms with Crippen LogP contribution in [0.3, 0.4) is 0 Å². The van der Waals surface area contributed by atoms with Gasteiger partial charge in [-0.1, -0.05) is 0 Å². The summed E-state index contributed by atoms with van der Waals surface area (Å²) in [5.74, 6) is -0.539. The summed E-state index contributed by atoms with van der Waals surface area (Å²) in [6.07, 6.45) is 3.20. The lowest BCUT2D eigenvalue weighted by atomic mass is 9.97. The smallest absolute Gasteiger partial charge is 0.303 e. The first-order valence-corrected chi connectivity index (χ1v) is 9.00. The molecule has 1 aliphatic rings. The van der Waals surface area contributed by atoms with Gasteiger partial charge in [0.25, 0.3) is 11.8 Å². The molecule has 0 bridgehead atoms. The predicted molar refractivity (Wildman–Crippen MR) is 98.1 cm³/mol. The number of ether oxygens (including phenoxy) is 2. The molecule has 0 aliphatic carbocycles. The monoisotopic (exact) mass is 378 g/mol. The van der Waals surface area contributed by atoms with E-state index in [0.717, 1.165) is 19.3 Å².